The minimum Gasteiger partial charge on any atom is -0.354 e. The molecule has 0 unspecified atom stereocenters. The van der Waals surface area contributed by atoms with Gasteiger partial charge in [-0.05, 0) is 37.3 Å². The molecule has 23 heavy (non-hydrogen) atoms. The first kappa shape index (κ1) is 17.2. The fourth-order valence-electron chi connectivity index (χ4n) is 2.63. The zero-order valence-corrected chi connectivity index (χ0v) is 13.6. The number of benzene rings is 1. The lowest BCUT2D eigenvalue weighted by Crippen LogP contribution is -2.47. The van der Waals surface area contributed by atoms with Crippen molar-refractivity contribution in [2.24, 2.45) is 5.92 Å². The average Bonchev–Trinajstić information content (AvgIpc) is 2.98. The maximum atomic E-state index is 13.6. The molecule has 2 rings (SSSR count). The van der Waals surface area contributed by atoms with Crippen LogP contribution in [0.5, 0.6) is 0 Å². The van der Waals surface area contributed by atoms with Crippen LogP contribution in [0.4, 0.5) is 14.9 Å². The lowest BCUT2D eigenvalue weighted by Gasteiger charge is -2.24. The number of para-hydroxylation sites is 1. The van der Waals surface area contributed by atoms with E-state index in [1.54, 1.807) is 12.1 Å². The van der Waals surface area contributed by atoms with Gasteiger partial charge in [-0.15, -0.1) is 0 Å². The second kappa shape index (κ2) is 7.94. The van der Waals surface area contributed by atoms with Crippen molar-refractivity contribution in [1.82, 2.24) is 10.2 Å². The van der Waals surface area contributed by atoms with Crippen LogP contribution in [0, 0.1) is 11.7 Å². The molecular weight excluding hydrogens is 297 g/mol. The number of carbonyl (C=O) groups excluding carboxylic acids is 2. The van der Waals surface area contributed by atoms with E-state index in [4.69, 9.17) is 0 Å². The Morgan fingerprint density at radius 3 is 2.78 bits per heavy atom. The smallest absolute Gasteiger partial charge is 0.322 e. The summed E-state index contributed by atoms with van der Waals surface area (Å²) >= 11 is 0. The number of amides is 3. The van der Waals surface area contributed by atoms with Gasteiger partial charge in [0.2, 0.25) is 5.91 Å². The average molecular weight is 321 g/mol. The number of hydrogen-bond donors (Lipinski definition) is 2. The second-order valence-electron chi connectivity index (χ2n) is 6.23. The molecule has 6 heteroatoms. The second-order valence-corrected chi connectivity index (χ2v) is 6.23. The minimum atomic E-state index is -0.488. The summed E-state index contributed by atoms with van der Waals surface area (Å²) in [5.41, 5.74) is 0.128. The van der Waals surface area contributed by atoms with Gasteiger partial charge in [0, 0.05) is 13.1 Å². The summed E-state index contributed by atoms with van der Waals surface area (Å²) < 4.78 is 13.6. The summed E-state index contributed by atoms with van der Waals surface area (Å²) in [6, 6.07) is 5.09. The Kier molecular flexibility index (Phi) is 5.96. The van der Waals surface area contributed by atoms with Crippen LogP contribution in [0.1, 0.15) is 33.1 Å². The summed E-state index contributed by atoms with van der Waals surface area (Å²) in [6.07, 6.45) is 2.31. The van der Waals surface area contributed by atoms with E-state index in [1.807, 2.05) is 0 Å². The first-order valence-corrected chi connectivity index (χ1v) is 8.09. The number of nitrogens with zero attached hydrogens (tertiary/aromatic N) is 1. The summed E-state index contributed by atoms with van der Waals surface area (Å²) in [7, 11) is 0. The molecule has 1 aromatic rings. The molecule has 1 saturated heterocycles. The number of urea groups is 1. The molecule has 3 amide bonds. The van der Waals surface area contributed by atoms with Crippen molar-refractivity contribution in [2.45, 2.75) is 39.2 Å². The van der Waals surface area contributed by atoms with Crippen molar-refractivity contribution in [3.8, 4) is 0 Å². The Hall–Kier alpha value is -2.11. The number of hydrogen-bond acceptors (Lipinski definition) is 2. The van der Waals surface area contributed by atoms with Crippen LogP contribution >= 0.6 is 0 Å². The standard InChI is InChI=1S/C17H24FN3O2/c1-12(2)9-10-19-16(22)15-8-5-11-21(15)17(23)20-14-7-4-3-6-13(14)18/h3-4,6-7,12,15H,5,8-11H2,1-2H3,(H,19,22)(H,20,23)/t15-/m0/s1. The molecule has 5 nitrogen and oxygen atoms in total. The largest absolute Gasteiger partial charge is 0.354 e. The van der Waals surface area contributed by atoms with Crippen molar-refractivity contribution < 1.29 is 14.0 Å². The van der Waals surface area contributed by atoms with E-state index in [1.165, 1.54) is 17.0 Å². The Labute approximate surface area is 136 Å². The van der Waals surface area contributed by atoms with Gasteiger partial charge in [0.25, 0.3) is 0 Å². The first-order chi connectivity index (χ1) is 11.0. The molecule has 0 bridgehead atoms. The van der Waals surface area contributed by atoms with Crippen molar-refractivity contribution in [3.63, 3.8) is 0 Å². The van der Waals surface area contributed by atoms with Crippen LogP contribution in [0.25, 0.3) is 0 Å². The topological polar surface area (TPSA) is 61.4 Å². The molecule has 0 aliphatic carbocycles. The highest BCUT2D eigenvalue weighted by molar-refractivity contribution is 5.94. The van der Waals surface area contributed by atoms with Crippen LogP contribution in [-0.2, 0) is 4.79 Å². The first-order valence-electron chi connectivity index (χ1n) is 8.09. The zero-order chi connectivity index (χ0) is 16.8. The highest BCUT2D eigenvalue weighted by Crippen LogP contribution is 2.20. The molecule has 0 aromatic heterocycles. The normalized spacial score (nSPS) is 17.4. The van der Waals surface area contributed by atoms with Gasteiger partial charge in [-0.3, -0.25) is 4.79 Å². The van der Waals surface area contributed by atoms with E-state index in [-0.39, 0.29) is 11.6 Å². The van der Waals surface area contributed by atoms with Crippen LogP contribution < -0.4 is 10.6 Å². The third-order valence-corrected chi connectivity index (χ3v) is 3.95. The Morgan fingerprint density at radius 1 is 1.35 bits per heavy atom. The number of anilines is 1. The van der Waals surface area contributed by atoms with Gasteiger partial charge in [0.1, 0.15) is 11.9 Å². The quantitative estimate of drug-likeness (QED) is 0.876. The highest BCUT2D eigenvalue weighted by Gasteiger charge is 2.34. The Balaban J connectivity index is 1.94. The third-order valence-electron chi connectivity index (χ3n) is 3.95. The number of halogens is 1. The zero-order valence-electron chi connectivity index (χ0n) is 13.6. The van der Waals surface area contributed by atoms with Gasteiger partial charge in [0.15, 0.2) is 0 Å². The monoisotopic (exact) mass is 321 g/mol. The van der Waals surface area contributed by atoms with Crippen LogP contribution in [-0.4, -0.2) is 36.0 Å². The molecule has 1 aliphatic heterocycles. The predicted molar refractivity (Wildman–Crippen MR) is 87.6 cm³/mol. The summed E-state index contributed by atoms with van der Waals surface area (Å²) in [6.45, 7) is 5.30. The molecular formula is C17H24FN3O2. The molecule has 2 N–H and O–H groups in total. The molecule has 1 heterocycles. The molecule has 0 radical (unpaired) electrons. The van der Waals surface area contributed by atoms with E-state index < -0.39 is 17.9 Å². The number of likely N-dealkylation sites (tertiary alicyclic amines) is 1. The molecule has 1 aromatic carbocycles. The SMILES string of the molecule is CC(C)CCNC(=O)[C@@H]1CCCN1C(=O)Nc1ccccc1F. The van der Waals surface area contributed by atoms with Crippen LogP contribution in [0.3, 0.4) is 0 Å². The van der Waals surface area contributed by atoms with E-state index in [0.717, 1.165) is 12.8 Å². The molecule has 1 aliphatic rings. The maximum absolute atomic E-state index is 13.6. The van der Waals surface area contributed by atoms with Gasteiger partial charge < -0.3 is 15.5 Å². The third kappa shape index (κ3) is 4.68. The number of rotatable bonds is 5. The summed E-state index contributed by atoms with van der Waals surface area (Å²) in [5.74, 6) is -0.107. The van der Waals surface area contributed by atoms with Gasteiger partial charge in [-0.25, -0.2) is 9.18 Å². The highest BCUT2D eigenvalue weighted by atomic mass is 19.1. The fraction of sp³-hybridized carbons (Fsp3) is 0.529. The number of nitrogens with one attached hydrogen (secondary N) is 2. The van der Waals surface area contributed by atoms with E-state index in [0.29, 0.717) is 25.4 Å². The van der Waals surface area contributed by atoms with Crippen molar-refractivity contribution in [2.75, 3.05) is 18.4 Å². The minimum absolute atomic E-state index is 0.128. The summed E-state index contributed by atoms with van der Waals surface area (Å²) in [4.78, 5) is 26.1. The maximum Gasteiger partial charge on any atom is 0.322 e. The van der Waals surface area contributed by atoms with Gasteiger partial charge in [0.05, 0.1) is 5.69 Å². The van der Waals surface area contributed by atoms with E-state index in [2.05, 4.69) is 24.5 Å². The lowest BCUT2D eigenvalue weighted by molar-refractivity contribution is -0.124. The molecule has 0 saturated carbocycles. The molecule has 0 spiro atoms. The number of carbonyl (C=O) groups is 2. The predicted octanol–water partition coefficient (Wildman–Crippen LogP) is 2.98. The molecule has 1 fully saturated rings. The van der Waals surface area contributed by atoms with Crippen molar-refractivity contribution in [1.29, 1.82) is 0 Å². The Morgan fingerprint density at radius 2 is 2.09 bits per heavy atom. The van der Waals surface area contributed by atoms with Crippen molar-refractivity contribution in [3.05, 3.63) is 30.1 Å². The molecule has 1 atom stereocenters. The van der Waals surface area contributed by atoms with Gasteiger partial charge >= 0.3 is 6.03 Å². The Bertz CT molecular complexity index is 563. The van der Waals surface area contributed by atoms with Gasteiger partial charge in [-0.2, -0.15) is 0 Å². The molecule has 126 valence electrons. The van der Waals surface area contributed by atoms with Crippen LogP contribution in [0.2, 0.25) is 0 Å². The van der Waals surface area contributed by atoms with E-state index >= 15 is 0 Å². The summed E-state index contributed by atoms with van der Waals surface area (Å²) in [5, 5.41) is 5.42. The van der Waals surface area contributed by atoms with E-state index in [9.17, 15) is 14.0 Å². The van der Waals surface area contributed by atoms with Crippen LogP contribution in [0.15, 0.2) is 24.3 Å². The fourth-order valence-corrected chi connectivity index (χ4v) is 2.63. The lowest BCUT2D eigenvalue weighted by atomic mass is 10.1. The van der Waals surface area contributed by atoms with Gasteiger partial charge in [-0.1, -0.05) is 26.0 Å². The van der Waals surface area contributed by atoms with Crippen molar-refractivity contribution >= 4 is 17.6 Å².